The monoisotopic (exact) mass is 282 g/mol. The van der Waals surface area contributed by atoms with Gasteiger partial charge in [-0.25, -0.2) is 4.98 Å². The predicted molar refractivity (Wildman–Crippen MR) is 87.4 cm³/mol. The molecule has 0 aliphatic carbocycles. The van der Waals surface area contributed by atoms with Crippen molar-refractivity contribution in [2.45, 2.75) is 33.4 Å². The molecular formula is C17H22N4. The van der Waals surface area contributed by atoms with Crippen LogP contribution in [0, 0.1) is 6.92 Å². The van der Waals surface area contributed by atoms with E-state index in [9.17, 15) is 0 Å². The summed E-state index contributed by atoms with van der Waals surface area (Å²) in [6.07, 6.45) is 3.87. The first-order valence-electron chi connectivity index (χ1n) is 7.48. The van der Waals surface area contributed by atoms with Crippen molar-refractivity contribution in [2.75, 3.05) is 6.54 Å². The minimum Gasteiger partial charge on any atom is -0.358 e. The molecule has 2 aromatic heterocycles. The van der Waals surface area contributed by atoms with E-state index in [1.54, 1.807) is 0 Å². The quantitative estimate of drug-likeness (QED) is 0.754. The molecular weight excluding hydrogens is 260 g/mol. The molecule has 2 heterocycles. The second-order valence-corrected chi connectivity index (χ2v) is 5.75. The number of fused-ring (bicyclic) bond motifs is 1. The highest BCUT2D eigenvalue weighted by atomic mass is 15.1. The van der Waals surface area contributed by atoms with E-state index in [0.29, 0.717) is 6.04 Å². The normalized spacial score (nSPS) is 11.6. The van der Waals surface area contributed by atoms with Gasteiger partial charge in [-0.15, -0.1) is 0 Å². The van der Waals surface area contributed by atoms with Gasteiger partial charge in [-0.2, -0.15) is 0 Å². The molecule has 0 saturated carbocycles. The molecule has 0 unspecified atom stereocenters. The summed E-state index contributed by atoms with van der Waals surface area (Å²) in [6.45, 7) is 8.32. The van der Waals surface area contributed by atoms with E-state index in [1.807, 2.05) is 12.5 Å². The summed E-state index contributed by atoms with van der Waals surface area (Å²) in [5, 5.41) is 4.71. The van der Waals surface area contributed by atoms with Crippen LogP contribution < -0.4 is 5.32 Å². The van der Waals surface area contributed by atoms with Crippen molar-refractivity contribution in [3.8, 4) is 11.3 Å². The second kappa shape index (κ2) is 5.74. The first kappa shape index (κ1) is 13.9. The summed E-state index contributed by atoms with van der Waals surface area (Å²) < 4.78 is 2.22. The number of para-hydroxylation sites is 1. The van der Waals surface area contributed by atoms with Crippen molar-refractivity contribution in [1.29, 1.82) is 0 Å². The Labute approximate surface area is 125 Å². The zero-order valence-corrected chi connectivity index (χ0v) is 12.9. The number of aromatic nitrogens is 3. The van der Waals surface area contributed by atoms with Crippen LogP contribution in [0.4, 0.5) is 0 Å². The Balaban J connectivity index is 1.96. The number of nitrogens with zero attached hydrogens (tertiary/aromatic N) is 2. The lowest BCUT2D eigenvalue weighted by molar-refractivity contribution is 0.543. The number of benzene rings is 1. The fourth-order valence-electron chi connectivity index (χ4n) is 2.79. The SMILES string of the molecule is Cc1[nH]c2ccccc2c1-c1cncn1CCNC(C)C. The van der Waals surface area contributed by atoms with E-state index in [2.05, 4.69) is 64.9 Å². The van der Waals surface area contributed by atoms with E-state index in [0.717, 1.165) is 13.1 Å². The molecule has 0 radical (unpaired) electrons. The number of rotatable bonds is 5. The fraction of sp³-hybridized carbons (Fsp3) is 0.353. The average Bonchev–Trinajstić information content (AvgIpc) is 3.01. The lowest BCUT2D eigenvalue weighted by Crippen LogP contribution is -2.26. The summed E-state index contributed by atoms with van der Waals surface area (Å²) >= 11 is 0. The molecule has 0 aliphatic heterocycles. The topological polar surface area (TPSA) is 45.6 Å². The van der Waals surface area contributed by atoms with Gasteiger partial charge in [0.1, 0.15) is 0 Å². The molecule has 0 fully saturated rings. The van der Waals surface area contributed by atoms with E-state index < -0.39 is 0 Å². The van der Waals surface area contributed by atoms with Gasteiger partial charge in [-0.1, -0.05) is 32.0 Å². The van der Waals surface area contributed by atoms with Crippen molar-refractivity contribution in [3.63, 3.8) is 0 Å². The third-order valence-corrected chi connectivity index (χ3v) is 3.77. The highest BCUT2D eigenvalue weighted by Gasteiger charge is 2.13. The fourth-order valence-corrected chi connectivity index (χ4v) is 2.79. The molecule has 110 valence electrons. The van der Waals surface area contributed by atoms with Crippen LogP contribution in [-0.4, -0.2) is 27.1 Å². The standard InChI is InChI=1S/C17H22N4/c1-12(2)19-8-9-21-11-18-10-16(21)17-13(3)20-15-7-5-4-6-14(15)17/h4-7,10-12,19-20H,8-9H2,1-3H3. The molecule has 4 nitrogen and oxygen atoms in total. The number of aryl methyl sites for hydroxylation is 1. The Morgan fingerprint density at radius 2 is 2.10 bits per heavy atom. The highest BCUT2D eigenvalue weighted by Crippen LogP contribution is 2.31. The van der Waals surface area contributed by atoms with Crippen LogP contribution in [0.15, 0.2) is 36.8 Å². The third kappa shape index (κ3) is 2.72. The van der Waals surface area contributed by atoms with E-state index in [1.165, 1.54) is 27.9 Å². The molecule has 3 rings (SSSR count). The van der Waals surface area contributed by atoms with E-state index in [4.69, 9.17) is 0 Å². The van der Waals surface area contributed by atoms with Crippen LogP contribution in [0.5, 0.6) is 0 Å². The molecule has 1 aromatic carbocycles. The molecule has 0 saturated heterocycles. The maximum atomic E-state index is 4.35. The number of hydrogen-bond donors (Lipinski definition) is 2. The van der Waals surface area contributed by atoms with E-state index >= 15 is 0 Å². The third-order valence-electron chi connectivity index (χ3n) is 3.77. The van der Waals surface area contributed by atoms with Crippen molar-refractivity contribution in [2.24, 2.45) is 0 Å². The number of nitrogens with one attached hydrogen (secondary N) is 2. The Bertz CT molecular complexity index is 736. The summed E-state index contributed by atoms with van der Waals surface area (Å²) in [4.78, 5) is 7.81. The molecule has 0 amide bonds. The van der Waals surface area contributed by atoms with Crippen LogP contribution in [-0.2, 0) is 6.54 Å². The first-order valence-corrected chi connectivity index (χ1v) is 7.48. The summed E-state index contributed by atoms with van der Waals surface area (Å²) in [5.41, 5.74) is 4.80. The van der Waals surface area contributed by atoms with Gasteiger partial charge in [-0.3, -0.25) is 0 Å². The van der Waals surface area contributed by atoms with Crippen molar-refractivity contribution in [3.05, 3.63) is 42.5 Å². The van der Waals surface area contributed by atoms with Gasteiger partial charge >= 0.3 is 0 Å². The lowest BCUT2D eigenvalue weighted by atomic mass is 10.1. The maximum Gasteiger partial charge on any atom is 0.0951 e. The highest BCUT2D eigenvalue weighted by molar-refractivity contribution is 5.96. The Hall–Kier alpha value is -2.07. The minimum absolute atomic E-state index is 0.506. The van der Waals surface area contributed by atoms with Gasteiger partial charge < -0.3 is 14.9 Å². The zero-order valence-electron chi connectivity index (χ0n) is 12.9. The van der Waals surface area contributed by atoms with Crippen LogP contribution in [0.2, 0.25) is 0 Å². The smallest absolute Gasteiger partial charge is 0.0951 e. The summed E-state index contributed by atoms with van der Waals surface area (Å²) in [7, 11) is 0. The van der Waals surface area contributed by atoms with Crippen molar-refractivity contribution < 1.29 is 0 Å². The van der Waals surface area contributed by atoms with Gasteiger partial charge in [0.05, 0.1) is 18.2 Å². The van der Waals surface area contributed by atoms with Gasteiger partial charge in [-0.05, 0) is 13.0 Å². The van der Waals surface area contributed by atoms with Crippen LogP contribution in [0.1, 0.15) is 19.5 Å². The Morgan fingerprint density at radius 3 is 2.90 bits per heavy atom. The van der Waals surface area contributed by atoms with Crippen molar-refractivity contribution >= 4 is 10.9 Å². The largest absolute Gasteiger partial charge is 0.358 e. The van der Waals surface area contributed by atoms with Crippen molar-refractivity contribution in [1.82, 2.24) is 19.9 Å². The molecule has 0 aliphatic rings. The molecule has 4 heteroatoms. The van der Waals surface area contributed by atoms with Crippen LogP contribution >= 0.6 is 0 Å². The van der Waals surface area contributed by atoms with Gasteiger partial charge in [0.2, 0.25) is 0 Å². The number of H-pyrrole nitrogens is 1. The van der Waals surface area contributed by atoms with Gasteiger partial charge in [0.15, 0.2) is 0 Å². The zero-order chi connectivity index (χ0) is 14.8. The van der Waals surface area contributed by atoms with E-state index in [-0.39, 0.29) is 0 Å². The number of imidazole rings is 1. The summed E-state index contributed by atoms with van der Waals surface area (Å²) in [6, 6.07) is 8.93. The van der Waals surface area contributed by atoms with Crippen LogP contribution in [0.25, 0.3) is 22.2 Å². The number of hydrogen-bond acceptors (Lipinski definition) is 2. The molecule has 0 spiro atoms. The molecule has 21 heavy (non-hydrogen) atoms. The molecule has 0 bridgehead atoms. The second-order valence-electron chi connectivity index (χ2n) is 5.75. The minimum atomic E-state index is 0.506. The van der Waals surface area contributed by atoms with Crippen LogP contribution in [0.3, 0.4) is 0 Å². The molecule has 2 N–H and O–H groups in total. The number of aromatic amines is 1. The van der Waals surface area contributed by atoms with Gasteiger partial charge in [0.25, 0.3) is 0 Å². The Kier molecular flexibility index (Phi) is 3.80. The lowest BCUT2D eigenvalue weighted by Gasteiger charge is -2.11. The van der Waals surface area contributed by atoms with Gasteiger partial charge in [0, 0.05) is 41.3 Å². The Morgan fingerprint density at radius 1 is 1.29 bits per heavy atom. The summed E-state index contributed by atoms with van der Waals surface area (Å²) in [5.74, 6) is 0. The molecule has 3 aromatic rings. The molecule has 0 atom stereocenters. The maximum absolute atomic E-state index is 4.35. The predicted octanol–water partition coefficient (Wildman–Crippen LogP) is 3.34. The first-order chi connectivity index (χ1) is 10.2. The average molecular weight is 282 g/mol.